The first-order valence-corrected chi connectivity index (χ1v) is 8.97. The van der Waals surface area contributed by atoms with E-state index in [2.05, 4.69) is 6.92 Å². The van der Waals surface area contributed by atoms with Crippen molar-refractivity contribution in [3.63, 3.8) is 0 Å². The van der Waals surface area contributed by atoms with Crippen LogP contribution in [0.5, 0.6) is 0 Å². The molecule has 2 amide bonds. The number of carbonyl (C=O) groups excluding carboxylic acids is 2. The zero-order valence-corrected chi connectivity index (χ0v) is 14.3. The van der Waals surface area contributed by atoms with Gasteiger partial charge in [-0.1, -0.05) is 25.1 Å². The molecule has 0 saturated carbocycles. The van der Waals surface area contributed by atoms with Gasteiger partial charge < -0.3 is 14.5 Å². The second-order valence-electron chi connectivity index (χ2n) is 6.56. The molecule has 0 aliphatic carbocycles. The van der Waals surface area contributed by atoms with Crippen molar-refractivity contribution in [2.24, 2.45) is 0 Å². The number of piperidine rings is 1. The largest absolute Gasteiger partial charge is 0.375 e. The van der Waals surface area contributed by atoms with Crippen LogP contribution in [-0.4, -0.2) is 60.0 Å². The average Bonchev–Trinajstić information content (AvgIpc) is 2.67. The van der Waals surface area contributed by atoms with E-state index in [9.17, 15) is 9.59 Å². The van der Waals surface area contributed by atoms with Crippen LogP contribution in [0.15, 0.2) is 30.3 Å². The highest BCUT2D eigenvalue weighted by molar-refractivity contribution is 5.97. The number of carbonyl (C=O) groups is 2. The van der Waals surface area contributed by atoms with E-state index in [1.54, 1.807) is 4.90 Å². The fraction of sp³-hybridized carbons (Fsp3) is 0.579. The average molecular weight is 330 g/mol. The molecule has 2 aliphatic heterocycles. The number of hydrogen-bond donors (Lipinski definition) is 0. The number of ether oxygens (including phenoxy) is 1. The Morgan fingerprint density at radius 1 is 1.17 bits per heavy atom. The van der Waals surface area contributed by atoms with Gasteiger partial charge in [0.15, 0.2) is 0 Å². The van der Waals surface area contributed by atoms with Crippen LogP contribution >= 0.6 is 0 Å². The number of rotatable bonds is 3. The van der Waals surface area contributed by atoms with E-state index in [4.69, 9.17) is 4.74 Å². The van der Waals surface area contributed by atoms with Gasteiger partial charge in [-0.2, -0.15) is 0 Å². The lowest BCUT2D eigenvalue weighted by Crippen LogP contribution is -2.56. The van der Waals surface area contributed by atoms with Gasteiger partial charge in [0.05, 0.1) is 12.7 Å². The van der Waals surface area contributed by atoms with Gasteiger partial charge in [-0.25, -0.2) is 0 Å². The highest BCUT2D eigenvalue weighted by Gasteiger charge is 2.36. The molecule has 0 aromatic heterocycles. The molecule has 2 aliphatic rings. The summed E-state index contributed by atoms with van der Waals surface area (Å²) >= 11 is 0. The zero-order chi connectivity index (χ0) is 16.9. The quantitative estimate of drug-likeness (QED) is 0.854. The molecular weight excluding hydrogens is 304 g/mol. The van der Waals surface area contributed by atoms with Crippen molar-refractivity contribution in [3.05, 3.63) is 35.9 Å². The fourth-order valence-electron chi connectivity index (χ4n) is 3.56. The predicted molar refractivity (Wildman–Crippen MR) is 91.7 cm³/mol. The van der Waals surface area contributed by atoms with E-state index in [1.807, 2.05) is 35.2 Å². The lowest BCUT2D eigenvalue weighted by molar-refractivity contribution is -0.144. The molecule has 24 heavy (non-hydrogen) atoms. The maximum absolute atomic E-state index is 13.0. The van der Waals surface area contributed by atoms with Crippen LogP contribution in [0.3, 0.4) is 0 Å². The lowest BCUT2D eigenvalue weighted by Gasteiger charge is -2.40. The van der Waals surface area contributed by atoms with Gasteiger partial charge in [0.25, 0.3) is 5.91 Å². The third-order valence-electron chi connectivity index (χ3n) is 4.98. The zero-order valence-electron chi connectivity index (χ0n) is 14.3. The van der Waals surface area contributed by atoms with E-state index in [-0.39, 0.29) is 24.0 Å². The number of hydrogen-bond acceptors (Lipinski definition) is 3. The van der Waals surface area contributed by atoms with E-state index in [0.29, 0.717) is 31.8 Å². The summed E-state index contributed by atoms with van der Waals surface area (Å²) in [6, 6.07) is 8.93. The standard InChI is InChI=1S/C19H26N2O3/c1-2-16-14-20(12-13-24-16)19(23)17-10-6-7-11-21(17)18(22)15-8-4-3-5-9-15/h3-5,8-9,16-17H,2,6-7,10-14H2,1H3. The summed E-state index contributed by atoms with van der Waals surface area (Å²) in [4.78, 5) is 29.5. The molecule has 5 nitrogen and oxygen atoms in total. The number of morpholine rings is 1. The normalized spacial score (nSPS) is 24.7. The predicted octanol–water partition coefficient (Wildman–Crippen LogP) is 2.32. The molecular formula is C19H26N2O3. The molecule has 130 valence electrons. The molecule has 1 aromatic carbocycles. The van der Waals surface area contributed by atoms with Crippen LogP contribution in [-0.2, 0) is 9.53 Å². The molecule has 2 unspecified atom stereocenters. The van der Waals surface area contributed by atoms with Gasteiger partial charge in [-0.05, 0) is 37.8 Å². The Labute approximate surface area is 143 Å². The molecule has 1 aromatic rings. The molecule has 0 radical (unpaired) electrons. The van der Waals surface area contributed by atoms with Gasteiger partial charge in [-0.15, -0.1) is 0 Å². The van der Waals surface area contributed by atoms with Crippen LogP contribution in [0.4, 0.5) is 0 Å². The molecule has 2 fully saturated rings. The van der Waals surface area contributed by atoms with Crippen molar-refractivity contribution in [1.29, 1.82) is 0 Å². The molecule has 3 rings (SSSR count). The van der Waals surface area contributed by atoms with Gasteiger partial charge in [0.1, 0.15) is 6.04 Å². The number of benzene rings is 1. The second-order valence-corrected chi connectivity index (χ2v) is 6.56. The summed E-state index contributed by atoms with van der Waals surface area (Å²) in [5.41, 5.74) is 0.658. The highest BCUT2D eigenvalue weighted by atomic mass is 16.5. The minimum Gasteiger partial charge on any atom is -0.375 e. The lowest BCUT2D eigenvalue weighted by atomic mass is 9.99. The van der Waals surface area contributed by atoms with E-state index in [0.717, 1.165) is 25.7 Å². The molecule has 5 heteroatoms. The van der Waals surface area contributed by atoms with Gasteiger partial charge >= 0.3 is 0 Å². The molecule has 0 N–H and O–H groups in total. The van der Waals surface area contributed by atoms with Crippen LogP contribution in [0.2, 0.25) is 0 Å². The van der Waals surface area contributed by atoms with Crippen LogP contribution in [0.25, 0.3) is 0 Å². The molecule has 0 spiro atoms. The Balaban J connectivity index is 1.74. The third-order valence-corrected chi connectivity index (χ3v) is 4.98. The summed E-state index contributed by atoms with van der Waals surface area (Å²) in [5, 5.41) is 0. The fourth-order valence-corrected chi connectivity index (χ4v) is 3.56. The van der Waals surface area contributed by atoms with Crippen LogP contribution in [0.1, 0.15) is 43.0 Å². The monoisotopic (exact) mass is 330 g/mol. The van der Waals surface area contributed by atoms with Crippen molar-refractivity contribution in [2.45, 2.75) is 44.8 Å². The summed E-state index contributed by atoms with van der Waals surface area (Å²) in [7, 11) is 0. The Hall–Kier alpha value is -1.88. The SMILES string of the molecule is CCC1CN(C(=O)C2CCCCN2C(=O)c2ccccc2)CCO1. The summed E-state index contributed by atoms with van der Waals surface area (Å²) in [6.07, 6.45) is 3.73. The molecule has 2 heterocycles. The van der Waals surface area contributed by atoms with Gasteiger partial charge in [-0.3, -0.25) is 9.59 Å². The Kier molecular flexibility index (Phi) is 5.51. The van der Waals surface area contributed by atoms with E-state index >= 15 is 0 Å². The minimum atomic E-state index is -0.331. The number of amides is 2. The highest BCUT2D eigenvalue weighted by Crippen LogP contribution is 2.22. The number of likely N-dealkylation sites (tertiary alicyclic amines) is 1. The van der Waals surface area contributed by atoms with Gasteiger partial charge in [0, 0.05) is 25.2 Å². The smallest absolute Gasteiger partial charge is 0.254 e. The summed E-state index contributed by atoms with van der Waals surface area (Å²) in [5.74, 6) is 0.0506. The molecule has 2 atom stereocenters. The van der Waals surface area contributed by atoms with E-state index in [1.165, 1.54) is 0 Å². The first-order chi connectivity index (χ1) is 11.7. The summed E-state index contributed by atoms with van der Waals surface area (Å²) < 4.78 is 5.66. The molecule has 2 saturated heterocycles. The molecule has 0 bridgehead atoms. The van der Waals surface area contributed by atoms with Crippen LogP contribution < -0.4 is 0 Å². The Morgan fingerprint density at radius 2 is 1.96 bits per heavy atom. The van der Waals surface area contributed by atoms with Crippen molar-refractivity contribution in [2.75, 3.05) is 26.2 Å². The maximum Gasteiger partial charge on any atom is 0.254 e. The van der Waals surface area contributed by atoms with Crippen molar-refractivity contribution >= 4 is 11.8 Å². The van der Waals surface area contributed by atoms with E-state index < -0.39 is 0 Å². The van der Waals surface area contributed by atoms with Crippen molar-refractivity contribution in [3.8, 4) is 0 Å². The van der Waals surface area contributed by atoms with Crippen LogP contribution in [0, 0.1) is 0 Å². The minimum absolute atomic E-state index is 0.0334. The first-order valence-electron chi connectivity index (χ1n) is 8.97. The topological polar surface area (TPSA) is 49.9 Å². The Morgan fingerprint density at radius 3 is 2.71 bits per heavy atom. The van der Waals surface area contributed by atoms with Crippen molar-refractivity contribution < 1.29 is 14.3 Å². The summed E-state index contributed by atoms with van der Waals surface area (Å²) in [6.45, 7) is 4.58. The second kappa shape index (κ2) is 7.79. The van der Waals surface area contributed by atoms with Gasteiger partial charge in [0.2, 0.25) is 5.91 Å². The Bertz CT molecular complexity index is 575. The first kappa shape index (κ1) is 17.0. The van der Waals surface area contributed by atoms with Crippen molar-refractivity contribution in [1.82, 2.24) is 9.80 Å². The number of nitrogens with zero attached hydrogens (tertiary/aromatic N) is 2. The third kappa shape index (κ3) is 3.61. The maximum atomic E-state index is 13.0.